The smallest absolute Gasteiger partial charge is 0.193 e. The molecule has 0 unspecified atom stereocenters. The lowest BCUT2D eigenvalue weighted by molar-refractivity contribution is 0.203. The van der Waals surface area contributed by atoms with E-state index in [9.17, 15) is 0 Å². The van der Waals surface area contributed by atoms with Crippen LogP contribution in [0.5, 0.6) is 0 Å². The number of rotatable bonds is 4. The lowest BCUT2D eigenvalue weighted by atomic mass is 9.73. The fraction of sp³-hybridized carbons (Fsp3) is 0.545. The van der Waals surface area contributed by atoms with Crippen LogP contribution in [0.15, 0.2) is 47.7 Å². The first-order valence-corrected chi connectivity index (χ1v) is 10.3. The summed E-state index contributed by atoms with van der Waals surface area (Å²) in [6.07, 6.45) is 13.4. The van der Waals surface area contributed by atoms with Crippen molar-refractivity contribution in [2.75, 3.05) is 26.7 Å². The molecular weight excluding hydrogens is 334 g/mol. The Morgan fingerprint density at radius 1 is 1.15 bits per heavy atom. The molecule has 2 aromatic rings. The molecule has 0 amide bonds. The second kappa shape index (κ2) is 8.15. The highest BCUT2D eigenvalue weighted by atomic mass is 15.3. The van der Waals surface area contributed by atoms with Crippen molar-refractivity contribution >= 4 is 5.96 Å². The highest BCUT2D eigenvalue weighted by Gasteiger charge is 2.39. The molecule has 144 valence electrons. The normalized spacial score (nSPS) is 19.6. The van der Waals surface area contributed by atoms with Crippen LogP contribution in [-0.2, 0) is 6.42 Å². The Balaban J connectivity index is 1.29. The zero-order chi connectivity index (χ0) is 18.5. The first-order chi connectivity index (χ1) is 13.3. The molecule has 1 spiro atoms. The Labute approximate surface area is 162 Å². The summed E-state index contributed by atoms with van der Waals surface area (Å²) in [5.74, 6) is 1.06. The van der Waals surface area contributed by atoms with Gasteiger partial charge in [-0.05, 0) is 48.8 Å². The van der Waals surface area contributed by atoms with E-state index in [1.54, 1.807) is 0 Å². The van der Waals surface area contributed by atoms with Crippen LogP contribution in [-0.4, -0.2) is 47.3 Å². The van der Waals surface area contributed by atoms with Crippen molar-refractivity contribution in [3.63, 3.8) is 0 Å². The van der Waals surface area contributed by atoms with Crippen LogP contribution in [0.1, 0.15) is 44.1 Å². The van der Waals surface area contributed by atoms with Crippen LogP contribution in [0.4, 0.5) is 0 Å². The number of likely N-dealkylation sites (tertiary alicyclic amines) is 1. The predicted octanol–water partition coefficient (Wildman–Crippen LogP) is 3.65. The number of aliphatic imine (C=N–C) groups is 1. The zero-order valence-corrected chi connectivity index (χ0v) is 16.4. The van der Waals surface area contributed by atoms with E-state index in [4.69, 9.17) is 0 Å². The minimum absolute atomic E-state index is 0.562. The molecule has 4 rings (SSSR count). The molecule has 1 aromatic heterocycles. The highest BCUT2D eigenvalue weighted by Crippen LogP contribution is 2.43. The van der Waals surface area contributed by atoms with Gasteiger partial charge in [-0.2, -0.15) is 5.10 Å². The van der Waals surface area contributed by atoms with E-state index in [1.165, 1.54) is 50.6 Å². The molecular formula is C22H31N5. The van der Waals surface area contributed by atoms with Gasteiger partial charge in [-0.25, -0.2) is 4.68 Å². The molecule has 5 nitrogen and oxygen atoms in total. The third kappa shape index (κ3) is 4.18. The lowest BCUT2D eigenvalue weighted by Crippen LogP contribution is -2.42. The number of aromatic nitrogens is 2. The Morgan fingerprint density at radius 2 is 1.96 bits per heavy atom. The molecule has 2 fully saturated rings. The molecule has 1 aromatic carbocycles. The molecule has 0 atom stereocenters. The Hall–Kier alpha value is -2.30. The monoisotopic (exact) mass is 365 g/mol. The van der Waals surface area contributed by atoms with E-state index in [-0.39, 0.29) is 0 Å². The van der Waals surface area contributed by atoms with E-state index < -0.39 is 0 Å². The van der Waals surface area contributed by atoms with Crippen molar-refractivity contribution in [2.45, 2.75) is 44.9 Å². The fourth-order valence-electron chi connectivity index (χ4n) is 4.69. The number of para-hydroxylation sites is 1. The average molecular weight is 366 g/mol. The predicted molar refractivity (Wildman–Crippen MR) is 110 cm³/mol. The standard InChI is InChI=1S/C22H31N5/c1-23-21(26-15-13-22(18-26)11-6-3-7-12-22)24-14-10-19-16-25-27(17-19)20-8-4-2-5-9-20/h2,4-5,8-9,16-17H,3,6-7,10-15,18H2,1H3,(H,23,24). The molecule has 27 heavy (non-hydrogen) atoms. The number of benzene rings is 1. The van der Waals surface area contributed by atoms with Crippen LogP contribution in [0.2, 0.25) is 0 Å². The third-order valence-electron chi connectivity index (χ3n) is 6.22. The quantitative estimate of drug-likeness (QED) is 0.664. The average Bonchev–Trinajstić information content (AvgIpc) is 3.34. The number of nitrogens with one attached hydrogen (secondary N) is 1. The van der Waals surface area contributed by atoms with Gasteiger partial charge in [-0.15, -0.1) is 0 Å². The summed E-state index contributed by atoms with van der Waals surface area (Å²) in [6, 6.07) is 10.3. The third-order valence-corrected chi connectivity index (χ3v) is 6.22. The van der Waals surface area contributed by atoms with Gasteiger partial charge in [0.05, 0.1) is 11.9 Å². The van der Waals surface area contributed by atoms with E-state index >= 15 is 0 Å². The van der Waals surface area contributed by atoms with Crippen LogP contribution in [0.25, 0.3) is 5.69 Å². The minimum atomic E-state index is 0.562. The van der Waals surface area contributed by atoms with Gasteiger partial charge in [0.25, 0.3) is 0 Å². The van der Waals surface area contributed by atoms with Crippen molar-refractivity contribution < 1.29 is 0 Å². The first-order valence-electron chi connectivity index (χ1n) is 10.3. The second-order valence-electron chi connectivity index (χ2n) is 8.08. The van der Waals surface area contributed by atoms with Gasteiger partial charge in [-0.1, -0.05) is 37.5 Å². The molecule has 1 aliphatic carbocycles. The van der Waals surface area contributed by atoms with Crippen LogP contribution in [0, 0.1) is 5.41 Å². The van der Waals surface area contributed by atoms with Crippen LogP contribution >= 0.6 is 0 Å². The Bertz CT molecular complexity index is 758. The van der Waals surface area contributed by atoms with Crippen molar-refractivity contribution in [3.05, 3.63) is 48.3 Å². The zero-order valence-electron chi connectivity index (χ0n) is 16.4. The maximum Gasteiger partial charge on any atom is 0.193 e. The minimum Gasteiger partial charge on any atom is -0.356 e. The molecule has 1 saturated heterocycles. The van der Waals surface area contributed by atoms with Gasteiger partial charge in [0.2, 0.25) is 0 Å². The van der Waals surface area contributed by atoms with E-state index in [0.29, 0.717) is 5.41 Å². The number of hydrogen-bond acceptors (Lipinski definition) is 2. The molecule has 5 heteroatoms. The van der Waals surface area contributed by atoms with Crippen LogP contribution < -0.4 is 5.32 Å². The molecule has 1 aliphatic heterocycles. The topological polar surface area (TPSA) is 45.5 Å². The van der Waals surface area contributed by atoms with Crippen LogP contribution in [0.3, 0.4) is 0 Å². The summed E-state index contributed by atoms with van der Waals surface area (Å²) in [6.45, 7) is 3.21. The number of nitrogens with zero attached hydrogens (tertiary/aromatic N) is 4. The lowest BCUT2D eigenvalue weighted by Gasteiger charge is -2.33. The Kier molecular flexibility index (Phi) is 5.46. The summed E-state index contributed by atoms with van der Waals surface area (Å²) in [4.78, 5) is 7.01. The van der Waals surface area contributed by atoms with E-state index in [2.05, 4.69) is 38.6 Å². The Morgan fingerprint density at radius 3 is 2.74 bits per heavy atom. The highest BCUT2D eigenvalue weighted by molar-refractivity contribution is 5.80. The van der Waals surface area contributed by atoms with Crippen molar-refractivity contribution in [2.24, 2.45) is 10.4 Å². The molecule has 2 heterocycles. The maximum atomic E-state index is 4.54. The summed E-state index contributed by atoms with van der Waals surface area (Å²) in [5.41, 5.74) is 2.90. The largest absolute Gasteiger partial charge is 0.356 e. The molecule has 0 bridgehead atoms. The molecule has 1 N–H and O–H groups in total. The van der Waals surface area contributed by atoms with Gasteiger partial charge < -0.3 is 10.2 Å². The van der Waals surface area contributed by atoms with Gasteiger partial charge in [0, 0.05) is 32.9 Å². The SMILES string of the molecule is CN=C(NCCc1cnn(-c2ccccc2)c1)N1CCC2(CCCCC2)C1. The first kappa shape index (κ1) is 18.1. The molecule has 1 saturated carbocycles. The van der Waals surface area contributed by atoms with Crippen molar-refractivity contribution in [1.82, 2.24) is 20.0 Å². The van der Waals surface area contributed by atoms with Crippen molar-refractivity contribution in [1.29, 1.82) is 0 Å². The summed E-state index contributed by atoms with van der Waals surface area (Å²) in [7, 11) is 1.90. The summed E-state index contributed by atoms with van der Waals surface area (Å²) in [5, 5.41) is 8.06. The van der Waals surface area contributed by atoms with Gasteiger partial charge >= 0.3 is 0 Å². The molecule has 2 aliphatic rings. The maximum absolute atomic E-state index is 4.54. The number of guanidine groups is 1. The second-order valence-corrected chi connectivity index (χ2v) is 8.08. The van der Waals surface area contributed by atoms with Gasteiger partial charge in [0.15, 0.2) is 5.96 Å². The van der Waals surface area contributed by atoms with Crippen molar-refractivity contribution in [3.8, 4) is 5.69 Å². The van der Waals surface area contributed by atoms with E-state index in [0.717, 1.165) is 31.2 Å². The summed E-state index contributed by atoms with van der Waals surface area (Å²) >= 11 is 0. The number of hydrogen-bond donors (Lipinski definition) is 1. The van der Waals surface area contributed by atoms with E-state index in [1.807, 2.05) is 36.1 Å². The fourth-order valence-corrected chi connectivity index (χ4v) is 4.69. The molecule has 0 radical (unpaired) electrons. The van der Waals surface area contributed by atoms with Gasteiger partial charge in [0.1, 0.15) is 0 Å². The summed E-state index contributed by atoms with van der Waals surface area (Å²) < 4.78 is 1.94. The van der Waals surface area contributed by atoms with Gasteiger partial charge in [-0.3, -0.25) is 4.99 Å².